The smallest absolute Gasteiger partial charge is 0.331 e. The zero-order valence-corrected chi connectivity index (χ0v) is 18.0. The van der Waals surface area contributed by atoms with Crippen LogP contribution in [-0.4, -0.2) is 63.6 Å². The average molecular weight is 449 g/mol. The molecule has 11 heteroatoms. The molecule has 2 fully saturated rings. The molecule has 1 N–H and O–H groups in total. The number of benzene rings is 1. The molecular formula is C20H23N3O7S. The van der Waals surface area contributed by atoms with E-state index in [1.165, 1.54) is 13.3 Å². The van der Waals surface area contributed by atoms with Crippen molar-refractivity contribution in [2.45, 2.75) is 19.1 Å². The number of esters is 1. The first-order valence-corrected chi connectivity index (χ1v) is 10.3. The Morgan fingerprint density at radius 2 is 2.13 bits per heavy atom. The van der Waals surface area contributed by atoms with E-state index in [0.717, 1.165) is 24.3 Å². The number of nitrogens with zero attached hydrogens (tertiary/aromatic N) is 2. The predicted octanol–water partition coefficient (Wildman–Crippen LogP) is 1.84. The van der Waals surface area contributed by atoms with Gasteiger partial charge in [0.1, 0.15) is 0 Å². The van der Waals surface area contributed by atoms with E-state index in [-0.39, 0.29) is 16.4 Å². The first-order valence-electron chi connectivity index (χ1n) is 9.53. The lowest BCUT2D eigenvalue weighted by Crippen LogP contribution is -2.26. The van der Waals surface area contributed by atoms with E-state index in [1.807, 2.05) is 0 Å². The summed E-state index contributed by atoms with van der Waals surface area (Å²) in [4.78, 5) is 23.3. The minimum absolute atomic E-state index is 0.179. The highest BCUT2D eigenvalue weighted by molar-refractivity contribution is 8.18. The highest BCUT2D eigenvalue weighted by Crippen LogP contribution is 2.30. The summed E-state index contributed by atoms with van der Waals surface area (Å²) in [6.07, 6.45) is 3.79. The maximum atomic E-state index is 11.9. The molecule has 1 aromatic carbocycles. The molecule has 0 aromatic heterocycles. The van der Waals surface area contributed by atoms with Gasteiger partial charge in [0.25, 0.3) is 5.91 Å². The predicted molar refractivity (Wildman–Crippen MR) is 114 cm³/mol. The molecule has 2 aliphatic rings. The molecule has 166 valence electrons. The number of hydrogen-bond acceptors (Lipinski definition) is 10. The molecule has 2 heterocycles. The molecule has 2 aliphatic heterocycles. The molecule has 2 saturated heterocycles. The minimum Gasteiger partial charge on any atom is -0.493 e. The van der Waals surface area contributed by atoms with Gasteiger partial charge in [0.05, 0.1) is 45.2 Å². The Kier molecular flexibility index (Phi) is 8.44. The van der Waals surface area contributed by atoms with E-state index in [2.05, 4.69) is 20.3 Å². The average Bonchev–Trinajstić information content (AvgIpc) is 3.13. The van der Waals surface area contributed by atoms with Gasteiger partial charge in [0.15, 0.2) is 23.0 Å². The molecular weight excluding hydrogens is 426 g/mol. The largest absolute Gasteiger partial charge is 0.493 e. The molecule has 0 aliphatic carbocycles. The summed E-state index contributed by atoms with van der Waals surface area (Å²) >= 11 is 0.991. The summed E-state index contributed by atoms with van der Waals surface area (Å²) in [6.45, 7) is 1.74. The number of para-hydroxylation sites is 1. The molecule has 3 rings (SSSR count). The highest BCUT2D eigenvalue weighted by atomic mass is 32.2. The number of ether oxygens (including phenoxy) is 5. The number of rotatable bonds is 8. The van der Waals surface area contributed by atoms with Gasteiger partial charge in [-0.1, -0.05) is 6.07 Å². The van der Waals surface area contributed by atoms with Gasteiger partial charge in [-0.25, -0.2) is 4.79 Å². The Morgan fingerprint density at radius 3 is 2.87 bits per heavy atom. The summed E-state index contributed by atoms with van der Waals surface area (Å²) in [5, 5.41) is 10.8. The van der Waals surface area contributed by atoms with Crippen LogP contribution < -0.4 is 14.8 Å². The van der Waals surface area contributed by atoms with Crippen LogP contribution in [0.3, 0.4) is 0 Å². The van der Waals surface area contributed by atoms with Crippen LogP contribution in [0.1, 0.15) is 18.4 Å². The van der Waals surface area contributed by atoms with E-state index >= 15 is 0 Å². The van der Waals surface area contributed by atoms with Crippen molar-refractivity contribution in [2.24, 2.45) is 10.2 Å². The van der Waals surface area contributed by atoms with E-state index in [1.54, 1.807) is 25.3 Å². The fraction of sp³-hybridized carbons (Fsp3) is 0.400. The van der Waals surface area contributed by atoms with Crippen molar-refractivity contribution in [3.63, 3.8) is 0 Å². The number of carbonyl (C=O) groups excluding carboxylic acids is 2. The van der Waals surface area contributed by atoms with Crippen LogP contribution in [0.15, 0.2) is 39.4 Å². The lowest BCUT2D eigenvalue weighted by molar-refractivity contribution is -0.183. The lowest BCUT2D eigenvalue weighted by Gasteiger charge is -2.23. The highest BCUT2D eigenvalue weighted by Gasteiger charge is 2.25. The molecule has 1 amide bonds. The number of hydrogen-bond donors (Lipinski definition) is 1. The van der Waals surface area contributed by atoms with Crippen LogP contribution in [0.4, 0.5) is 0 Å². The molecule has 0 radical (unpaired) electrons. The number of carbonyl (C=O) groups is 2. The van der Waals surface area contributed by atoms with Gasteiger partial charge in [0, 0.05) is 18.1 Å². The van der Waals surface area contributed by atoms with Crippen molar-refractivity contribution in [3.05, 3.63) is 34.7 Å². The second kappa shape index (κ2) is 11.5. The minimum atomic E-state index is -0.621. The number of thioether (sulfide) groups is 1. The third-order valence-electron chi connectivity index (χ3n) is 4.17. The Hall–Kier alpha value is -2.89. The van der Waals surface area contributed by atoms with Gasteiger partial charge < -0.3 is 23.7 Å². The number of methoxy groups -OCH3 is 2. The van der Waals surface area contributed by atoms with Gasteiger partial charge in [-0.05, 0) is 30.3 Å². The fourth-order valence-corrected chi connectivity index (χ4v) is 3.43. The Bertz CT molecular complexity index is 895. The third-order valence-corrected chi connectivity index (χ3v) is 5.07. The van der Waals surface area contributed by atoms with Crippen LogP contribution in [0, 0.1) is 0 Å². The van der Waals surface area contributed by atoms with Gasteiger partial charge in [-0.15, -0.1) is 5.10 Å². The van der Waals surface area contributed by atoms with Gasteiger partial charge in [0.2, 0.25) is 0 Å². The van der Waals surface area contributed by atoms with Gasteiger partial charge in [-0.2, -0.15) is 5.10 Å². The van der Waals surface area contributed by atoms with Gasteiger partial charge in [-0.3, -0.25) is 10.1 Å². The standard InChI is InChI=1S/C20H23N3O7S/c1-26-14-6-3-5-13(18(14)30-10-7-17-28-8-4-9-29-17)12-21-23-20-22-19(25)15(31-20)11-16(24)27-2/h3,5-6,11-12,17H,4,7-10H2,1-2H3,(H,22,23,25)/b15-11+,21-12?. The molecule has 0 saturated carbocycles. The zero-order chi connectivity index (χ0) is 22.1. The molecule has 10 nitrogen and oxygen atoms in total. The van der Waals surface area contributed by atoms with Crippen molar-refractivity contribution in [1.82, 2.24) is 5.32 Å². The van der Waals surface area contributed by atoms with E-state index in [9.17, 15) is 9.59 Å². The van der Waals surface area contributed by atoms with Gasteiger partial charge >= 0.3 is 5.97 Å². The molecule has 0 spiro atoms. The van der Waals surface area contributed by atoms with Crippen molar-refractivity contribution in [2.75, 3.05) is 34.0 Å². The number of amides is 1. The van der Waals surface area contributed by atoms with E-state index in [0.29, 0.717) is 43.3 Å². The SMILES string of the molecule is COC(=O)/C=C1/S/C(=N\N=Cc2cccc(OC)c2OCCC2OCCCO2)NC1=O. The van der Waals surface area contributed by atoms with Crippen LogP contribution >= 0.6 is 11.8 Å². The van der Waals surface area contributed by atoms with Crippen LogP contribution in [0.2, 0.25) is 0 Å². The Balaban J connectivity index is 1.66. The maximum Gasteiger partial charge on any atom is 0.331 e. The zero-order valence-electron chi connectivity index (χ0n) is 17.2. The number of nitrogens with one attached hydrogen (secondary N) is 1. The van der Waals surface area contributed by atoms with Crippen molar-refractivity contribution in [1.29, 1.82) is 0 Å². The second-order valence-corrected chi connectivity index (χ2v) is 7.31. The molecule has 0 unspecified atom stereocenters. The monoisotopic (exact) mass is 449 g/mol. The van der Waals surface area contributed by atoms with Crippen molar-refractivity contribution in [3.8, 4) is 11.5 Å². The normalized spacial score (nSPS) is 19.7. The maximum absolute atomic E-state index is 11.9. The van der Waals surface area contributed by atoms with E-state index < -0.39 is 11.9 Å². The van der Waals surface area contributed by atoms with Crippen LogP contribution in [0.25, 0.3) is 0 Å². The van der Waals surface area contributed by atoms with Crippen LogP contribution in [0.5, 0.6) is 11.5 Å². The summed E-state index contributed by atoms with van der Waals surface area (Å²) in [5.41, 5.74) is 0.647. The Labute approximate surface area is 183 Å². The second-order valence-electron chi connectivity index (χ2n) is 6.28. The summed E-state index contributed by atoms with van der Waals surface area (Å²) in [6, 6.07) is 5.39. The summed E-state index contributed by atoms with van der Waals surface area (Å²) < 4.78 is 26.9. The quantitative estimate of drug-likeness (QED) is 0.277. The van der Waals surface area contributed by atoms with Crippen LogP contribution in [-0.2, 0) is 23.8 Å². The van der Waals surface area contributed by atoms with Crippen molar-refractivity contribution < 1.29 is 33.3 Å². The molecule has 31 heavy (non-hydrogen) atoms. The fourth-order valence-electron chi connectivity index (χ4n) is 2.69. The molecule has 1 aromatic rings. The molecule has 0 atom stereocenters. The molecule has 0 bridgehead atoms. The lowest BCUT2D eigenvalue weighted by atomic mass is 10.2. The summed E-state index contributed by atoms with van der Waals surface area (Å²) in [7, 11) is 2.79. The first kappa shape index (κ1) is 22.8. The topological polar surface area (TPSA) is 117 Å². The number of amidine groups is 1. The Morgan fingerprint density at radius 1 is 1.32 bits per heavy atom. The van der Waals surface area contributed by atoms with E-state index in [4.69, 9.17) is 18.9 Å². The summed E-state index contributed by atoms with van der Waals surface area (Å²) in [5.74, 6) is -0.000394. The first-order chi connectivity index (χ1) is 15.1. The third kappa shape index (κ3) is 6.54. The van der Waals surface area contributed by atoms with Crippen molar-refractivity contribution >= 4 is 35.0 Å².